The molecule has 2 unspecified atom stereocenters. The Bertz CT molecular complexity index is 429. The quantitative estimate of drug-likeness (QED) is 0.888. The van der Waals surface area contributed by atoms with Gasteiger partial charge in [-0.25, -0.2) is 0 Å². The van der Waals surface area contributed by atoms with Crippen LogP contribution in [0.3, 0.4) is 0 Å². The molecule has 1 aliphatic rings. The standard InChI is InChI=1S/C17H27NO2/c1-5-13(6-2)17(18-4)14-7-8-15-16(9-14)20-11-12(3)10-19-15/h7-9,12-13,17-18H,5-6,10-11H2,1-4H3. The zero-order chi connectivity index (χ0) is 14.5. The Hall–Kier alpha value is -1.22. The molecule has 1 aliphatic heterocycles. The van der Waals surface area contributed by atoms with E-state index in [0.29, 0.717) is 17.9 Å². The molecule has 1 aromatic rings. The molecular weight excluding hydrogens is 250 g/mol. The molecule has 0 saturated carbocycles. The predicted octanol–water partition coefficient (Wildman–Crippen LogP) is 3.79. The Morgan fingerprint density at radius 3 is 2.40 bits per heavy atom. The lowest BCUT2D eigenvalue weighted by Crippen LogP contribution is -2.24. The van der Waals surface area contributed by atoms with Crippen molar-refractivity contribution in [1.29, 1.82) is 0 Å². The van der Waals surface area contributed by atoms with E-state index in [0.717, 1.165) is 24.7 Å². The minimum absolute atomic E-state index is 0.375. The number of rotatable bonds is 5. The molecule has 2 atom stereocenters. The molecule has 2 rings (SSSR count). The van der Waals surface area contributed by atoms with Gasteiger partial charge in [-0.05, 0) is 30.7 Å². The van der Waals surface area contributed by atoms with E-state index in [1.165, 1.54) is 18.4 Å². The third kappa shape index (κ3) is 3.26. The van der Waals surface area contributed by atoms with Crippen molar-refractivity contribution >= 4 is 0 Å². The van der Waals surface area contributed by atoms with Gasteiger partial charge in [0.15, 0.2) is 11.5 Å². The van der Waals surface area contributed by atoms with Crippen molar-refractivity contribution in [2.45, 2.75) is 39.7 Å². The molecule has 1 heterocycles. The van der Waals surface area contributed by atoms with Gasteiger partial charge in [0.1, 0.15) is 0 Å². The summed E-state index contributed by atoms with van der Waals surface area (Å²) in [5.74, 6) is 2.84. The number of benzene rings is 1. The molecule has 112 valence electrons. The van der Waals surface area contributed by atoms with Gasteiger partial charge in [0, 0.05) is 12.0 Å². The molecule has 1 aromatic carbocycles. The van der Waals surface area contributed by atoms with Gasteiger partial charge in [0.25, 0.3) is 0 Å². The lowest BCUT2D eigenvalue weighted by atomic mass is 9.89. The molecule has 0 saturated heterocycles. The van der Waals surface area contributed by atoms with Crippen molar-refractivity contribution in [3.8, 4) is 11.5 Å². The fourth-order valence-electron chi connectivity index (χ4n) is 2.90. The summed E-state index contributed by atoms with van der Waals surface area (Å²) in [4.78, 5) is 0. The Morgan fingerprint density at radius 2 is 1.80 bits per heavy atom. The summed E-state index contributed by atoms with van der Waals surface area (Å²) >= 11 is 0. The average molecular weight is 277 g/mol. The zero-order valence-corrected chi connectivity index (χ0v) is 13.1. The summed E-state index contributed by atoms with van der Waals surface area (Å²) in [6.07, 6.45) is 2.35. The van der Waals surface area contributed by atoms with Crippen molar-refractivity contribution < 1.29 is 9.47 Å². The van der Waals surface area contributed by atoms with E-state index in [4.69, 9.17) is 9.47 Å². The molecule has 0 bridgehead atoms. The highest BCUT2D eigenvalue weighted by atomic mass is 16.5. The Morgan fingerprint density at radius 1 is 1.15 bits per heavy atom. The molecule has 0 amide bonds. The monoisotopic (exact) mass is 277 g/mol. The zero-order valence-electron chi connectivity index (χ0n) is 13.1. The van der Waals surface area contributed by atoms with E-state index in [1.807, 2.05) is 7.05 Å². The maximum absolute atomic E-state index is 5.89. The molecule has 20 heavy (non-hydrogen) atoms. The maximum atomic E-state index is 5.89. The van der Waals surface area contributed by atoms with Crippen LogP contribution in [0.2, 0.25) is 0 Å². The molecule has 1 N–H and O–H groups in total. The van der Waals surface area contributed by atoms with Crippen molar-refractivity contribution in [2.75, 3.05) is 20.3 Å². The smallest absolute Gasteiger partial charge is 0.161 e. The van der Waals surface area contributed by atoms with Gasteiger partial charge in [-0.1, -0.05) is 39.7 Å². The summed E-state index contributed by atoms with van der Waals surface area (Å²) in [5.41, 5.74) is 1.29. The first-order chi connectivity index (χ1) is 9.69. The van der Waals surface area contributed by atoms with Crippen LogP contribution in [-0.2, 0) is 0 Å². The van der Waals surface area contributed by atoms with Crippen molar-refractivity contribution in [2.24, 2.45) is 11.8 Å². The van der Waals surface area contributed by atoms with E-state index >= 15 is 0 Å². The SMILES string of the molecule is CCC(CC)C(NC)c1ccc2c(c1)OCC(C)CO2. The second kappa shape index (κ2) is 6.98. The van der Waals surface area contributed by atoms with Crippen LogP contribution in [-0.4, -0.2) is 20.3 Å². The van der Waals surface area contributed by atoms with Gasteiger partial charge in [0.05, 0.1) is 13.2 Å². The normalized spacial score (nSPS) is 19.8. The highest BCUT2D eigenvalue weighted by Gasteiger charge is 2.21. The van der Waals surface area contributed by atoms with E-state index in [9.17, 15) is 0 Å². The number of ether oxygens (including phenoxy) is 2. The highest BCUT2D eigenvalue weighted by Crippen LogP contribution is 2.35. The van der Waals surface area contributed by atoms with Gasteiger partial charge in [-0.2, -0.15) is 0 Å². The van der Waals surface area contributed by atoms with Crippen LogP contribution < -0.4 is 14.8 Å². The lowest BCUT2D eigenvalue weighted by Gasteiger charge is -2.26. The number of hydrogen-bond acceptors (Lipinski definition) is 3. The summed E-state index contributed by atoms with van der Waals surface area (Å²) < 4.78 is 11.7. The third-order valence-electron chi connectivity index (χ3n) is 4.20. The molecule has 3 nitrogen and oxygen atoms in total. The lowest BCUT2D eigenvalue weighted by molar-refractivity contribution is 0.228. The van der Waals surface area contributed by atoms with Crippen LogP contribution in [0.5, 0.6) is 11.5 Å². The van der Waals surface area contributed by atoms with E-state index in [1.54, 1.807) is 0 Å². The summed E-state index contributed by atoms with van der Waals surface area (Å²) in [7, 11) is 2.04. The van der Waals surface area contributed by atoms with Crippen LogP contribution in [0, 0.1) is 11.8 Å². The second-order valence-corrected chi connectivity index (χ2v) is 5.78. The van der Waals surface area contributed by atoms with Crippen LogP contribution in [0.25, 0.3) is 0 Å². The summed E-state index contributed by atoms with van der Waals surface area (Å²) in [6, 6.07) is 6.74. The second-order valence-electron chi connectivity index (χ2n) is 5.78. The predicted molar refractivity (Wildman–Crippen MR) is 82.5 cm³/mol. The first-order valence-electron chi connectivity index (χ1n) is 7.76. The van der Waals surface area contributed by atoms with E-state index in [2.05, 4.69) is 44.3 Å². The third-order valence-corrected chi connectivity index (χ3v) is 4.20. The van der Waals surface area contributed by atoms with Crippen molar-refractivity contribution in [1.82, 2.24) is 5.32 Å². The summed E-state index contributed by atoms with van der Waals surface area (Å²) in [6.45, 7) is 8.11. The molecule has 0 spiro atoms. The van der Waals surface area contributed by atoms with Crippen LogP contribution in [0.15, 0.2) is 18.2 Å². The molecule has 0 aliphatic carbocycles. The Labute approximate surface area is 122 Å². The van der Waals surface area contributed by atoms with Gasteiger partial charge < -0.3 is 14.8 Å². The Balaban J connectivity index is 2.25. The fraction of sp³-hybridized carbons (Fsp3) is 0.647. The fourth-order valence-corrected chi connectivity index (χ4v) is 2.90. The molecular formula is C17H27NO2. The Kier molecular flexibility index (Phi) is 5.30. The van der Waals surface area contributed by atoms with Gasteiger partial charge in [-0.3, -0.25) is 0 Å². The summed E-state index contributed by atoms with van der Waals surface area (Å²) in [5, 5.41) is 3.46. The van der Waals surface area contributed by atoms with E-state index < -0.39 is 0 Å². The first-order valence-corrected chi connectivity index (χ1v) is 7.76. The van der Waals surface area contributed by atoms with Gasteiger partial charge in [-0.15, -0.1) is 0 Å². The van der Waals surface area contributed by atoms with Crippen LogP contribution in [0.4, 0.5) is 0 Å². The van der Waals surface area contributed by atoms with Crippen molar-refractivity contribution in [3.05, 3.63) is 23.8 Å². The number of fused-ring (bicyclic) bond motifs is 1. The van der Waals surface area contributed by atoms with Gasteiger partial charge >= 0.3 is 0 Å². The topological polar surface area (TPSA) is 30.5 Å². The van der Waals surface area contributed by atoms with Crippen molar-refractivity contribution in [3.63, 3.8) is 0 Å². The minimum atomic E-state index is 0.375. The maximum Gasteiger partial charge on any atom is 0.161 e. The molecule has 0 aromatic heterocycles. The molecule has 3 heteroatoms. The van der Waals surface area contributed by atoms with E-state index in [-0.39, 0.29) is 0 Å². The number of hydrogen-bond donors (Lipinski definition) is 1. The molecule has 0 radical (unpaired) electrons. The average Bonchev–Trinajstić information content (AvgIpc) is 2.66. The van der Waals surface area contributed by atoms with Crippen LogP contribution >= 0.6 is 0 Å². The molecule has 0 fully saturated rings. The number of nitrogens with one attached hydrogen (secondary N) is 1. The van der Waals surface area contributed by atoms with Crippen LogP contribution in [0.1, 0.15) is 45.2 Å². The largest absolute Gasteiger partial charge is 0.489 e. The van der Waals surface area contributed by atoms with Gasteiger partial charge in [0.2, 0.25) is 0 Å². The minimum Gasteiger partial charge on any atom is -0.489 e. The highest BCUT2D eigenvalue weighted by molar-refractivity contribution is 5.44. The first kappa shape index (κ1) is 15.2.